The van der Waals surface area contributed by atoms with Crippen LogP contribution in [-0.4, -0.2) is 19.1 Å². The fraction of sp³-hybridized carbons (Fsp3) is 0.227. The lowest BCUT2D eigenvalue weighted by atomic mass is 9.93. The average molecular weight is 331 g/mol. The van der Waals surface area contributed by atoms with E-state index in [0.717, 1.165) is 0 Å². The molecule has 0 spiro atoms. The van der Waals surface area contributed by atoms with Crippen LogP contribution in [0.15, 0.2) is 85.2 Å². The Labute approximate surface area is 149 Å². The first-order chi connectivity index (χ1) is 12.3. The van der Waals surface area contributed by atoms with Crippen molar-refractivity contribution in [2.45, 2.75) is 18.2 Å². The van der Waals surface area contributed by atoms with Gasteiger partial charge in [-0.05, 0) is 12.1 Å². The molecule has 2 aromatic carbocycles. The molecule has 2 heterocycles. The largest absolute Gasteiger partial charge is 0.273 e. The van der Waals surface area contributed by atoms with E-state index in [1.54, 1.807) is 0 Å². The van der Waals surface area contributed by atoms with Crippen molar-refractivity contribution in [1.82, 2.24) is 4.98 Å². The summed E-state index contributed by atoms with van der Waals surface area (Å²) in [6.45, 7) is 0. The van der Waals surface area contributed by atoms with Gasteiger partial charge >= 0.3 is 0 Å². The Morgan fingerprint density at radius 2 is 1.12 bits per heavy atom. The van der Waals surface area contributed by atoms with Gasteiger partial charge in [0.15, 0.2) is 12.1 Å². The first-order valence-corrected chi connectivity index (χ1v) is 8.94. The van der Waals surface area contributed by atoms with Crippen molar-refractivity contribution in [3.63, 3.8) is 0 Å². The van der Waals surface area contributed by atoms with Crippen LogP contribution in [0.2, 0.25) is 0 Å². The molecule has 3 heteroatoms. The smallest absolute Gasteiger partial charge is 0.242 e. The van der Waals surface area contributed by atoms with Gasteiger partial charge in [-0.25, -0.2) is 0 Å². The Morgan fingerprint density at radius 3 is 1.56 bits per heavy atom. The van der Waals surface area contributed by atoms with E-state index < -0.39 is 0 Å². The number of likely N-dealkylation sites (N-methyl/N-ethyl adjacent to an activating group) is 2. The molecule has 0 aliphatic carbocycles. The predicted octanol–water partition coefficient (Wildman–Crippen LogP) is 1.61. The van der Waals surface area contributed by atoms with Crippen molar-refractivity contribution < 1.29 is 9.80 Å². The highest BCUT2D eigenvalue weighted by atomic mass is 15.4. The highest BCUT2D eigenvalue weighted by molar-refractivity contribution is 5.26. The number of nitrogens with zero attached hydrogens (tertiary/aromatic N) is 1. The third-order valence-corrected chi connectivity index (χ3v) is 5.56. The van der Waals surface area contributed by atoms with E-state index in [4.69, 9.17) is 0 Å². The Kier molecular flexibility index (Phi) is 4.35. The third kappa shape index (κ3) is 2.86. The molecular formula is C22H25N3+2. The van der Waals surface area contributed by atoms with E-state index >= 15 is 0 Å². The van der Waals surface area contributed by atoms with Gasteiger partial charge in [-0.15, -0.1) is 0 Å². The zero-order valence-electron chi connectivity index (χ0n) is 14.8. The molecule has 2 unspecified atom stereocenters. The second-order valence-corrected chi connectivity index (χ2v) is 6.98. The van der Waals surface area contributed by atoms with Gasteiger partial charge in [0, 0.05) is 23.5 Å². The van der Waals surface area contributed by atoms with Gasteiger partial charge in [-0.2, -0.15) is 0 Å². The fourth-order valence-corrected chi connectivity index (χ4v) is 4.55. The molecular weight excluding hydrogens is 306 g/mol. The Bertz CT molecular complexity index is 753. The normalized spacial score (nSPS) is 28.8. The number of quaternary nitrogens is 2. The maximum Gasteiger partial charge on any atom is 0.242 e. The molecule has 0 radical (unpaired) electrons. The van der Waals surface area contributed by atoms with Gasteiger partial charge in [0.2, 0.25) is 6.17 Å². The third-order valence-electron chi connectivity index (χ3n) is 5.56. The molecule has 1 aromatic heterocycles. The van der Waals surface area contributed by atoms with Gasteiger partial charge in [0.25, 0.3) is 0 Å². The van der Waals surface area contributed by atoms with E-state index in [9.17, 15) is 0 Å². The highest BCUT2D eigenvalue weighted by Gasteiger charge is 2.53. The summed E-state index contributed by atoms with van der Waals surface area (Å²) >= 11 is 0. The first kappa shape index (κ1) is 16.0. The SMILES string of the molecule is C[NH+]1C(c2cccnc2)[NH+](C)[C@@H](c2ccccc2)[C@@H]1c1ccccc1. The summed E-state index contributed by atoms with van der Waals surface area (Å²) < 4.78 is 0. The monoisotopic (exact) mass is 331 g/mol. The van der Waals surface area contributed by atoms with Crippen LogP contribution in [-0.2, 0) is 0 Å². The van der Waals surface area contributed by atoms with Crippen molar-refractivity contribution in [1.29, 1.82) is 0 Å². The minimum atomic E-state index is 0.365. The number of rotatable bonds is 3. The Morgan fingerprint density at radius 1 is 0.640 bits per heavy atom. The molecule has 1 aliphatic heterocycles. The molecule has 1 saturated heterocycles. The summed E-state index contributed by atoms with van der Waals surface area (Å²) in [5.74, 6) is 0. The van der Waals surface area contributed by atoms with Gasteiger partial charge in [-0.1, -0.05) is 60.7 Å². The van der Waals surface area contributed by atoms with Crippen LogP contribution in [0.4, 0.5) is 0 Å². The average Bonchev–Trinajstić information content (AvgIpc) is 2.94. The molecule has 1 fully saturated rings. The Balaban J connectivity index is 1.82. The summed E-state index contributed by atoms with van der Waals surface area (Å²) in [4.78, 5) is 7.41. The molecule has 4 atom stereocenters. The number of hydrogen-bond donors (Lipinski definition) is 2. The van der Waals surface area contributed by atoms with Crippen LogP contribution in [0.25, 0.3) is 0 Å². The van der Waals surface area contributed by atoms with Crippen molar-refractivity contribution >= 4 is 0 Å². The maximum atomic E-state index is 4.37. The van der Waals surface area contributed by atoms with E-state index in [2.05, 4.69) is 85.8 Å². The molecule has 0 amide bonds. The zero-order valence-corrected chi connectivity index (χ0v) is 14.8. The van der Waals surface area contributed by atoms with Crippen molar-refractivity contribution in [3.8, 4) is 0 Å². The predicted molar refractivity (Wildman–Crippen MR) is 99.1 cm³/mol. The number of benzene rings is 2. The van der Waals surface area contributed by atoms with Crippen LogP contribution in [0, 0.1) is 0 Å². The van der Waals surface area contributed by atoms with Crippen LogP contribution in [0.5, 0.6) is 0 Å². The molecule has 25 heavy (non-hydrogen) atoms. The van der Waals surface area contributed by atoms with Crippen molar-refractivity contribution in [2.24, 2.45) is 0 Å². The minimum absolute atomic E-state index is 0.365. The van der Waals surface area contributed by atoms with E-state index in [-0.39, 0.29) is 0 Å². The summed E-state index contributed by atoms with van der Waals surface area (Å²) in [6, 6.07) is 26.9. The second-order valence-electron chi connectivity index (χ2n) is 6.98. The van der Waals surface area contributed by atoms with Gasteiger partial charge < -0.3 is 0 Å². The van der Waals surface area contributed by atoms with Gasteiger partial charge in [0.05, 0.1) is 19.7 Å². The first-order valence-electron chi connectivity index (χ1n) is 8.94. The fourth-order valence-electron chi connectivity index (χ4n) is 4.55. The number of nitrogens with one attached hydrogen (secondary N) is 2. The maximum absolute atomic E-state index is 4.37. The lowest BCUT2D eigenvalue weighted by Crippen LogP contribution is -3.20. The van der Waals surface area contributed by atoms with Crippen molar-refractivity contribution in [3.05, 3.63) is 102 Å². The molecule has 3 nitrogen and oxygen atoms in total. The molecule has 126 valence electrons. The minimum Gasteiger partial charge on any atom is -0.273 e. The van der Waals surface area contributed by atoms with Crippen LogP contribution in [0.3, 0.4) is 0 Å². The number of aromatic nitrogens is 1. The molecule has 4 rings (SSSR count). The topological polar surface area (TPSA) is 21.8 Å². The highest BCUT2D eigenvalue weighted by Crippen LogP contribution is 2.29. The number of pyridine rings is 1. The van der Waals surface area contributed by atoms with E-state index in [0.29, 0.717) is 18.2 Å². The summed E-state index contributed by atoms with van der Waals surface area (Å²) in [5, 5.41) is 0. The second kappa shape index (κ2) is 6.79. The van der Waals surface area contributed by atoms with Crippen molar-refractivity contribution in [2.75, 3.05) is 14.1 Å². The lowest BCUT2D eigenvalue weighted by Gasteiger charge is -2.20. The quantitative estimate of drug-likeness (QED) is 0.748. The van der Waals surface area contributed by atoms with Crippen LogP contribution in [0.1, 0.15) is 34.9 Å². The summed E-state index contributed by atoms with van der Waals surface area (Å²) in [7, 11) is 4.64. The van der Waals surface area contributed by atoms with E-state index in [1.165, 1.54) is 26.5 Å². The Hall–Kier alpha value is -2.49. The van der Waals surface area contributed by atoms with Gasteiger partial charge in [0.1, 0.15) is 0 Å². The summed E-state index contributed by atoms with van der Waals surface area (Å²) in [6.07, 6.45) is 4.24. The molecule has 0 bridgehead atoms. The zero-order chi connectivity index (χ0) is 17.2. The molecule has 3 aromatic rings. The van der Waals surface area contributed by atoms with Crippen LogP contribution < -0.4 is 9.80 Å². The molecule has 0 saturated carbocycles. The van der Waals surface area contributed by atoms with Gasteiger partial charge in [-0.3, -0.25) is 14.8 Å². The molecule has 1 aliphatic rings. The number of hydrogen-bond acceptors (Lipinski definition) is 1. The molecule has 2 N–H and O–H groups in total. The summed E-state index contributed by atoms with van der Waals surface area (Å²) in [5.41, 5.74) is 4.11. The standard InChI is InChI=1S/C22H23N3/c1-24-20(17-10-5-3-6-11-17)21(18-12-7-4-8-13-18)25(2)22(24)19-14-9-15-23-16-19/h3-16,20-22H,1-2H3/p+2/t20-,21-/m0/s1. The van der Waals surface area contributed by atoms with E-state index in [1.807, 2.05) is 18.5 Å². The lowest BCUT2D eigenvalue weighted by molar-refractivity contribution is -1.07. The van der Waals surface area contributed by atoms with Crippen LogP contribution >= 0.6 is 0 Å².